The van der Waals surface area contributed by atoms with Crippen LogP contribution in [0.15, 0.2) is 29.3 Å². The Labute approximate surface area is 122 Å². The first kappa shape index (κ1) is 16.9. The molecule has 0 fully saturated rings. The highest BCUT2D eigenvalue weighted by Crippen LogP contribution is 2.20. The van der Waals surface area contributed by atoms with Crippen LogP contribution in [0.25, 0.3) is 0 Å². The summed E-state index contributed by atoms with van der Waals surface area (Å²) in [7, 11) is -3.48. The van der Waals surface area contributed by atoms with Crippen molar-refractivity contribution in [1.82, 2.24) is 8.87 Å². The first-order chi connectivity index (χ1) is 9.36. The Balaban J connectivity index is 3.17. The van der Waals surface area contributed by atoms with Crippen LogP contribution < -0.4 is 5.73 Å². The molecular formula is C14H25N3O2S. The summed E-state index contributed by atoms with van der Waals surface area (Å²) in [5.74, 6) is 0. The molecule has 0 spiro atoms. The highest BCUT2D eigenvalue weighted by atomic mass is 32.2. The summed E-state index contributed by atoms with van der Waals surface area (Å²) in [5.41, 5.74) is 7.35. The van der Waals surface area contributed by atoms with E-state index in [1.165, 1.54) is 4.31 Å². The van der Waals surface area contributed by atoms with Gasteiger partial charge in [0.15, 0.2) is 0 Å². The molecule has 114 valence electrons. The van der Waals surface area contributed by atoms with Gasteiger partial charge in [-0.1, -0.05) is 26.0 Å². The van der Waals surface area contributed by atoms with Crippen LogP contribution in [0, 0.1) is 0 Å². The van der Waals surface area contributed by atoms with Crippen LogP contribution in [-0.4, -0.2) is 30.4 Å². The first-order valence-corrected chi connectivity index (χ1v) is 8.34. The molecule has 20 heavy (non-hydrogen) atoms. The Morgan fingerprint density at radius 2 is 2.10 bits per heavy atom. The van der Waals surface area contributed by atoms with Crippen molar-refractivity contribution in [2.45, 2.75) is 45.2 Å². The van der Waals surface area contributed by atoms with E-state index in [1.807, 2.05) is 25.3 Å². The topological polar surface area (TPSA) is 68.3 Å². The van der Waals surface area contributed by atoms with E-state index in [0.717, 1.165) is 24.2 Å². The quantitative estimate of drug-likeness (QED) is 0.746. The van der Waals surface area contributed by atoms with Crippen LogP contribution in [0.2, 0.25) is 0 Å². The highest BCUT2D eigenvalue weighted by molar-refractivity contribution is 7.89. The van der Waals surface area contributed by atoms with E-state index >= 15 is 0 Å². The number of nitrogens with two attached hydrogens (primary N) is 1. The van der Waals surface area contributed by atoms with Crippen LogP contribution in [0.4, 0.5) is 0 Å². The third-order valence-electron chi connectivity index (χ3n) is 3.07. The molecule has 1 aromatic rings. The summed E-state index contributed by atoms with van der Waals surface area (Å²) < 4.78 is 28.6. The zero-order chi connectivity index (χ0) is 15.3. The second-order valence-corrected chi connectivity index (χ2v) is 6.89. The number of nitrogens with zero attached hydrogens (tertiary/aromatic N) is 2. The van der Waals surface area contributed by atoms with Crippen molar-refractivity contribution in [3.63, 3.8) is 0 Å². The molecule has 1 aromatic heterocycles. The molecule has 0 aliphatic rings. The molecule has 0 saturated carbocycles. The molecule has 0 aliphatic carbocycles. The Hall–Kier alpha value is -1.11. The minimum Gasteiger partial charge on any atom is -0.349 e. The van der Waals surface area contributed by atoms with Crippen LogP contribution >= 0.6 is 0 Å². The van der Waals surface area contributed by atoms with Gasteiger partial charge in [-0.2, -0.15) is 4.31 Å². The second kappa shape index (κ2) is 7.06. The van der Waals surface area contributed by atoms with Gasteiger partial charge in [-0.25, -0.2) is 8.42 Å². The van der Waals surface area contributed by atoms with Gasteiger partial charge in [0.25, 0.3) is 0 Å². The van der Waals surface area contributed by atoms with Crippen LogP contribution in [0.1, 0.15) is 32.9 Å². The van der Waals surface area contributed by atoms with Gasteiger partial charge in [-0.05, 0) is 19.4 Å². The molecular weight excluding hydrogens is 274 g/mol. The number of hydrogen-bond acceptors (Lipinski definition) is 3. The Morgan fingerprint density at radius 1 is 1.45 bits per heavy atom. The van der Waals surface area contributed by atoms with Crippen molar-refractivity contribution in [3.05, 3.63) is 30.1 Å². The monoisotopic (exact) mass is 299 g/mol. The molecule has 0 amide bonds. The van der Waals surface area contributed by atoms with Gasteiger partial charge in [0, 0.05) is 38.1 Å². The van der Waals surface area contributed by atoms with Crippen molar-refractivity contribution >= 4 is 10.0 Å². The number of likely N-dealkylation sites (N-methyl/N-ethyl adjacent to an activating group) is 1. The molecule has 5 nitrogen and oxygen atoms in total. The third kappa shape index (κ3) is 3.71. The van der Waals surface area contributed by atoms with Gasteiger partial charge >= 0.3 is 0 Å². The summed E-state index contributed by atoms with van der Waals surface area (Å²) in [6.45, 7) is 11.4. The van der Waals surface area contributed by atoms with E-state index in [4.69, 9.17) is 5.73 Å². The minimum absolute atomic E-state index is 0.314. The van der Waals surface area contributed by atoms with Crippen molar-refractivity contribution in [1.29, 1.82) is 0 Å². The van der Waals surface area contributed by atoms with Gasteiger partial charge in [0.1, 0.15) is 4.90 Å². The summed E-state index contributed by atoms with van der Waals surface area (Å²) in [5, 5.41) is 0. The maximum absolute atomic E-state index is 12.6. The molecule has 1 rings (SSSR count). The Kier molecular flexibility index (Phi) is 5.98. The molecule has 0 radical (unpaired) electrons. The maximum atomic E-state index is 12.6. The molecule has 0 aliphatic heterocycles. The maximum Gasteiger partial charge on any atom is 0.244 e. The average Bonchev–Trinajstić information content (AvgIpc) is 2.79. The molecule has 0 atom stereocenters. The van der Waals surface area contributed by atoms with E-state index < -0.39 is 10.0 Å². The molecule has 1 heterocycles. The first-order valence-electron chi connectivity index (χ1n) is 6.90. The normalized spacial score (nSPS) is 12.1. The summed E-state index contributed by atoms with van der Waals surface area (Å²) >= 11 is 0. The number of sulfonamides is 1. The molecule has 0 aromatic carbocycles. The van der Waals surface area contributed by atoms with Crippen LogP contribution in [0.3, 0.4) is 0 Å². The number of aromatic nitrogens is 1. The predicted molar refractivity (Wildman–Crippen MR) is 81.9 cm³/mol. The predicted octanol–water partition coefficient (Wildman–Crippen LogP) is 1.94. The van der Waals surface area contributed by atoms with Crippen molar-refractivity contribution in [2.75, 3.05) is 13.1 Å². The van der Waals surface area contributed by atoms with Crippen molar-refractivity contribution < 1.29 is 8.42 Å². The Bertz CT molecular complexity index is 561. The number of aryl methyl sites for hydroxylation is 1. The lowest BCUT2D eigenvalue weighted by Crippen LogP contribution is -2.32. The smallest absolute Gasteiger partial charge is 0.244 e. The van der Waals surface area contributed by atoms with E-state index in [0.29, 0.717) is 24.5 Å². The lowest BCUT2D eigenvalue weighted by molar-refractivity contribution is 0.452. The largest absolute Gasteiger partial charge is 0.349 e. The zero-order valence-electron chi connectivity index (χ0n) is 12.6. The fourth-order valence-electron chi connectivity index (χ4n) is 2.10. The molecule has 6 heteroatoms. The lowest BCUT2D eigenvalue weighted by atomic mass is 10.3. The fourth-order valence-corrected chi connectivity index (χ4v) is 3.68. The molecule has 0 bridgehead atoms. The summed E-state index contributed by atoms with van der Waals surface area (Å²) in [6.07, 6.45) is 2.62. The molecule has 0 saturated heterocycles. The number of rotatable bonds is 8. The van der Waals surface area contributed by atoms with E-state index in [2.05, 4.69) is 6.58 Å². The van der Waals surface area contributed by atoms with Crippen molar-refractivity contribution in [2.24, 2.45) is 5.73 Å². The van der Waals surface area contributed by atoms with Gasteiger partial charge in [0.05, 0.1) is 0 Å². The second-order valence-electron chi connectivity index (χ2n) is 4.95. The number of hydrogen-bond donors (Lipinski definition) is 1. The summed E-state index contributed by atoms with van der Waals surface area (Å²) in [4.78, 5) is 0.314. The van der Waals surface area contributed by atoms with Crippen LogP contribution in [0.5, 0.6) is 0 Å². The van der Waals surface area contributed by atoms with E-state index in [9.17, 15) is 8.42 Å². The average molecular weight is 299 g/mol. The third-order valence-corrected chi connectivity index (χ3v) is 4.96. The fraction of sp³-hybridized carbons (Fsp3) is 0.571. The minimum atomic E-state index is -3.48. The highest BCUT2D eigenvalue weighted by Gasteiger charge is 2.25. The molecule has 0 unspecified atom stereocenters. The van der Waals surface area contributed by atoms with Gasteiger partial charge in [-0.3, -0.25) is 0 Å². The van der Waals surface area contributed by atoms with E-state index in [1.54, 1.807) is 12.3 Å². The van der Waals surface area contributed by atoms with Gasteiger partial charge < -0.3 is 10.3 Å². The molecule has 2 N–H and O–H groups in total. The standard InChI is InChI=1S/C14H25N3O2S/c1-5-7-16-11-14(8-13(16)9-15)20(18,19)17(6-2)10-12(3)4/h8,11H,3,5-7,9-10,15H2,1-2,4H3. The summed E-state index contributed by atoms with van der Waals surface area (Å²) in [6, 6.07) is 1.67. The Morgan fingerprint density at radius 3 is 2.55 bits per heavy atom. The zero-order valence-corrected chi connectivity index (χ0v) is 13.4. The lowest BCUT2D eigenvalue weighted by Gasteiger charge is -2.19. The van der Waals surface area contributed by atoms with Gasteiger partial charge in [-0.15, -0.1) is 0 Å². The SMILES string of the molecule is C=C(C)CN(CC)S(=O)(=O)c1cc(CN)n(CCC)c1. The van der Waals surface area contributed by atoms with E-state index in [-0.39, 0.29) is 0 Å². The van der Waals surface area contributed by atoms with Crippen molar-refractivity contribution in [3.8, 4) is 0 Å². The van der Waals surface area contributed by atoms with Gasteiger partial charge in [0.2, 0.25) is 10.0 Å². The van der Waals surface area contributed by atoms with Crippen LogP contribution in [-0.2, 0) is 23.1 Å².